The second-order valence-corrected chi connectivity index (χ2v) is 5.01. The van der Waals surface area contributed by atoms with Crippen LogP contribution in [-0.4, -0.2) is 13.3 Å². The Morgan fingerprint density at radius 2 is 1.90 bits per heavy atom. The SMILES string of the molecule is CC(c1ccccc1Cl)N(C)c1c(F)cccc1C=O. The van der Waals surface area contributed by atoms with Gasteiger partial charge in [-0.1, -0.05) is 35.9 Å². The van der Waals surface area contributed by atoms with E-state index in [0.29, 0.717) is 16.9 Å². The number of halogens is 2. The summed E-state index contributed by atoms with van der Waals surface area (Å²) in [6, 6.07) is 11.7. The predicted molar refractivity (Wildman–Crippen MR) is 80.1 cm³/mol. The van der Waals surface area contributed by atoms with Gasteiger partial charge in [0.2, 0.25) is 0 Å². The first-order valence-electron chi connectivity index (χ1n) is 6.27. The van der Waals surface area contributed by atoms with Crippen molar-refractivity contribution >= 4 is 23.6 Å². The maximum absolute atomic E-state index is 14.0. The molecule has 20 heavy (non-hydrogen) atoms. The lowest BCUT2D eigenvalue weighted by molar-refractivity contribution is 0.112. The van der Waals surface area contributed by atoms with E-state index in [0.717, 1.165) is 5.56 Å². The van der Waals surface area contributed by atoms with Crippen LogP contribution in [0.15, 0.2) is 42.5 Å². The van der Waals surface area contributed by atoms with Gasteiger partial charge in [-0.3, -0.25) is 4.79 Å². The highest BCUT2D eigenvalue weighted by atomic mass is 35.5. The minimum Gasteiger partial charge on any atom is -0.365 e. The van der Waals surface area contributed by atoms with Crippen LogP contribution in [0.1, 0.15) is 28.9 Å². The first-order valence-corrected chi connectivity index (χ1v) is 6.65. The zero-order valence-electron chi connectivity index (χ0n) is 11.3. The highest BCUT2D eigenvalue weighted by Crippen LogP contribution is 2.32. The molecule has 0 fully saturated rings. The summed E-state index contributed by atoms with van der Waals surface area (Å²) < 4.78 is 14.0. The standard InChI is InChI=1S/C16H15ClFNO/c1-11(13-7-3-4-8-14(13)17)19(2)16-12(10-20)6-5-9-15(16)18/h3-11H,1-2H3. The van der Waals surface area contributed by atoms with E-state index in [4.69, 9.17) is 11.6 Å². The molecule has 0 aromatic heterocycles. The molecule has 1 atom stereocenters. The van der Waals surface area contributed by atoms with E-state index in [9.17, 15) is 9.18 Å². The summed E-state index contributed by atoms with van der Waals surface area (Å²) in [5.74, 6) is -0.420. The first kappa shape index (κ1) is 14.5. The van der Waals surface area contributed by atoms with Crippen LogP contribution < -0.4 is 4.90 Å². The predicted octanol–water partition coefficient (Wildman–Crippen LogP) is 4.49. The van der Waals surface area contributed by atoms with Crippen molar-refractivity contribution in [3.8, 4) is 0 Å². The van der Waals surface area contributed by atoms with E-state index in [1.165, 1.54) is 12.1 Å². The normalized spacial score (nSPS) is 12.0. The Kier molecular flexibility index (Phi) is 4.40. The summed E-state index contributed by atoms with van der Waals surface area (Å²) in [5, 5.41) is 0.621. The Balaban J connectivity index is 2.44. The zero-order chi connectivity index (χ0) is 14.7. The number of benzene rings is 2. The average Bonchev–Trinajstić information content (AvgIpc) is 2.46. The number of para-hydroxylation sites is 1. The van der Waals surface area contributed by atoms with Gasteiger partial charge in [0, 0.05) is 17.6 Å². The molecule has 2 nitrogen and oxygen atoms in total. The smallest absolute Gasteiger partial charge is 0.152 e. The van der Waals surface area contributed by atoms with Gasteiger partial charge in [-0.15, -0.1) is 0 Å². The molecule has 0 aliphatic heterocycles. The molecule has 0 radical (unpaired) electrons. The fourth-order valence-corrected chi connectivity index (χ4v) is 2.51. The van der Waals surface area contributed by atoms with Gasteiger partial charge in [0.15, 0.2) is 6.29 Å². The van der Waals surface area contributed by atoms with Crippen molar-refractivity contribution in [2.75, 3.05) is 11.9 Å². The van der Waals surface area contributed by atoms with E-state index in [2.05, 4.69) is 0 Å². The number of carbonyl (C=O) groups is 1. The van der Waals surface area contributed by atoms with E-state index < -0.39 is 5.82 Å². The van der Waals surface area contributed by atoms with E-state index >= 15 is 0 Å². The van der Waals surface area contributed by atoms with Crippen molar-refractivity contribution in [1.82, 2.24) is 0 Å². The largest absolute Gasteiger partial charge is 0.365 e. The number of carbonyl (C=O) groups excluding carboxylic acids is 1. The molecule has 0 heterocycles. The second kappa shape index (κ2) is 6.06. The van der Waals surface area contributed by atoms with Gasteiger partial charge < -0.3 is 4.90 Å². The van der Waals surface area contributed by atoms with Crippen LogP contribution >= 0.6 is 11.6 Å². The van der Waals surface area contributed by atoms with Gasteiger partial charge >= 0.3 is 0 Å². The molecular weight excluding hydrogens is 277 g/mol. The third-order valence-corrected chi connectivity index (χ3v) is 3.78. The number of anilines is 1. The van der Waals surface area contributed by atoms with Gasteiger partial charge in [0.05, 0.1) is 11.7 Å². The molecule has 0 saturated carbocycles. The Bertz CT molecular complexity index is 630. The number of nitrogens with zero attached hydrogens (tertiary/aromatic N) is 1. The van der Waals surface area contributed by atoms with E-state index in [1.807, 2.05) is 25.1 Å². The number of hydrogen-bond acceptors (Lipinski definition) is 2. The fraction of sp³-hybridized carbons (Fsp3) is 0.188. The molecule has 0 aliphatic rings. The highest BCUT2D eigenvalue weighted by Gasteiger charge is 2.20. The van der Waals surface area contributed by atoms with Crippen molar-refractivity contribution in [3.05, 3.63) is 64.4 Å². The molecule has 0 spiro atoms. The molecule has 0 amide bonds. The third kappa shape index (κ3) is 2.68. The Morgan fingerprint density at radius 3 is 2.55 bits per heavy atom. The van der Waals surface area contributed by atoms with Crippen molar-refractivity contribution in [2.24, 2.45) is 0 Å². The van der Waals surface area contributed by atoms with Crippen LogP contribution in [0.4, 0.5) is 10.1 Å². The topological polar surface area (TPSA) is 20.3 Å². The van der Waals surface area contributed by atoms with Crippen molar-refractivity contribution in [3.63, 3.8) is 0 Å². The molecule has 0 N–H and O–H groups in total. The van der Waals surface area contributed by atoms with E-state index in [1.54, 1.807) is 24.1 Å². The van der Waals surface area contributed by atoms with Crippen LogP contribution in [0, 0.1) is 5.82 Å². The molecule has 2 rings (SSSR count). The summed E-state index contributed by atoms with van der Waals surface area (Å²) in [7, 11) is 1.75. The van der Waals surface area contributed by atoms with Crippen LogP contribution in [-0.2, 0) is 0 Å². The summed E-state index contributed by atoms with van der Waals surface area (Å²) in [5.41, 5.74) is 1.50. The van der Waals surface area contributed by atoms with Crippen molar-refractivity contribution in [2.45, 2.75) is 13.0 Å². The summed E-state index contributed by atoms with van der Waals surface area (Å²) in [6.45, 7) is 1.92. The Hall–Kier alpha value is -1.87. The van der Waals surface area contributed by atoms with Gasteiger partial charge in [0.25, 0.3) is 0 Å². The second-order valence-electron chi connectivity index (χ2n) is 4.60. The molecule has 0 aliphatic carbocycles. The lowest BCUT2D eigenvalue weighted by atomic mass is 10.0. The minimum absolute atomic E-state index is 0.153. The molecule has 0 saturated heterocycles. The minimum atomic E-state index is -0.420. The quantitative estimate of drug-likeness (QED) is 0.774. The molecular formula is C16H15ClFNO. The number of aldehydes is 1. The first-order chi connectivity index (χ1) is 9.56. The van der Waals surface area contributed by atoms with Gasteiger partial charge in [-0.2, -0.15) is 0 Å². The molecule has 4 heteroatoms. The Labute approximate surface area is 122 Å². The summed E-state index contributed by atoms with van der Waals surface area (Å²) >= 11 is 6.17. The van der Waals surface area contributed by atoms with Gasteiger partial charge in [0.1, 0.15) is 5.82 Å². The highest BCUT2D eigenvalue weighted by molar-refractivity contribution is 6.31. The van der Waals surface area contributed by atoms with Crippen LogP contribution in [0.25, 0.3) is 0 Å². The molecule has 2 aromatic carbocycles. The number of rotatable bonds is 4. The van der Waals surface area contributed by atoms with Crippen molar-refractivity contribution in [1.29, 1.82) is 0 Å². The van der Waals surface area contributed by atoms with Gasteiger partial charge in [-0.25, -0.2) is 4.39 Å². The average molecular weight is 292 g/mol. The molecule has 2 aromatic rings. The maximum atomic E-state index is 14.0. The number of hydrogen-bond donors (Lipinski definition) is 0. The summed E-state index contributed by atoms with van der Waals surface area (Å²) in [6.07, 6.45) is 0.661. The van der Waals surface area contributed by atoms with E-state index in [-0.39, 0.29) is 11.7 Å². The Morgan fingerprint density at radius 1 is 1.20 bits per heavy atom. The molecule has 104 valence electrons. The fourth-order valence-electron chi connectivity index (χ4n) is 2.22. The van der Waals surface area contributed by atoms with Crippen LogP contribution in [0.3, 0.4) is 0 Å². The zero-order valence-corrected chi connectivity index (χ0v) is 12.1. The third-order valence-electron chi connectivity index (χ3n) is 3.43. The van der Waals surface area contributed by atoms with Crippen LogP contribution in [0.5, 0.6) is 0 Å². The molecule has 0 bridgehead atoms. The summed E-state index contributed by atoms with van der Waals surface area (Å²) in [4.78, 5) is 12.8. The lowest BCUT2D eigenvalue weighted by Gasteiger charge is -2.29. The molecule has 1 unspecified atom stereocenters. The van der Waals surface area contributed by atoms with Crippen LogP contribution in [0.2, 0.25) is 5.02 Å². The lowest BCUT2D eigenvalue weighted by Crippen LogP contribution is -2.24. The van der Waals surface area contributed by atoms with Crippen molar-refractivity contribution < 1.29 is 9.18 Å². The van der Waals surface area contributed by atoms with Gasteiger partial charge in [-0.05, 0) is 30.7 Å². The monoisotopic (exact) mass is 291 g/mol. The maximum Gasteiger partial charge on any atom is 0.152 e.